The standard InChI is InChI=1S/C14H25N3OS/c1-4-12-13(9-15-5-2)19-14(16-12)17-8-6-7-11(10-17)18-3/h11,15H,4-10H2,1-3H3. The molecule has 19 heavy (non-hydrogen) atoms. The normalized spacial score (nSPS) is 19.9. The second kappa shape index (κ2) is 7.22. The highest BCUT2D eigenvalue weighted by Gasteiger charge is 2.22. The molecule has 1 saturated heterocycles. The molecule has 1 unspecified atom stereocenters. The van der Waals surface area contributed by atoms with Gasteiger partial charge in [-0.15, -0.1) is 11.3 Å². The van der Waals surface area contributed by atoms with Gasteiger partial charge in [0.2, 0.25) is 0 Å². The number of hydrogen-bond donors (Lipinski definition) is 1. The van der Waals surface area contributed by atoms with E-state index < -0.39 is 0 Å². The first-order valence-corrected chi connectivity index (χ1v) is 8.07. The van der Waals surface area contributed by atoms with E-state index in [2.05, 4.69) is 24.1 Å². The zero-order chi connectivity index (χ0) is 13.7. The fourth-order valence-corrected chi connectivity index (χ4v) is 3.62. The molecule has 2 rings (SSSR count). The van der Waals surface area contributed by atoms with E-state index in [1.165, 1.54) is 28.5 Å². The molecule has 1 fully saturated rings. The Morgan fingerprint density at radius 3 is 3.00 bits per heavy atom. The summed E-state index contributed by atoms with van der Waals surface area (Å²) in [6, 6.07) is 0. The van der Waals surface area contributed by atoms with Gasteiger partial charge in [0.15, 0.2) is 5.13 Å². The Morgan fingerprint density at radius 1 is 1.47 bits per heavy atom. The van der Waals surface area contributed by atoms with Crippen LogP contribution in [0, 0.1) is 0 Å². The second-order valence-corrected chi connectivity index (χ2v) is 6.01. The lowest BCUT2D eigenvalue weighted by Crippen LogP contribution is -2.39. The number of aromatic nitrogens is 1. The van der Waals surface area contributed by atoms with E-state index in [-0.39, 0.29) is 0 Å². The van der Waals surface area contributed by atoms with Gasteiger partial charge in [-0.25, -0.2) is 4.98 Å². The van der Waals surface area contributed by atoms with Crippen molar-refractivity contribution in [3.05, 3.63) is 10.6 Å². The fourth-order valence-electron chi connectivity index (χ4n) is 2.46. The van der Waals surface area contributed by atoms with Gasteiger partial charge in [-0.05, 0) is 25.8 Å². The van der Waals surface area contributed by atoms with Gasteiger partial charge in [0.05, 0.1) is 11.8 Å². The highest BCUT2D eigenvalue weighted by atomic mass is 32.1. The van der Waals surface area contributed by atoms with Crippen molar-refractivity contribution in [2.75, 3.05) is 31.6 Å². The Bertz CT molecular complexity index is 394. The summed E-state index contributed by atoms with van der Waals surface area (Å²) in [5.41, 5.74) is 1.25. The van der Waals surface area contributed by atoms with Gasteiger partial charge in [-0.2, -0.15) is 0 Å². The summed E-state index contributed by atoms with van der Waals surface area (Å²) in [7, 11) is 1.81. The molecule has 0 bridgehead atoms. The molecule has 5 heteroatoms. The van der Waals surface area contributed by atoms with Crippen LogP contribution in [0.4, 0.5) is 5.13 Å². The summed E-state index contributed by atoms with van der Waals surface area (Å²) < 4.78 is 5.49. The van der Waals surface area contributed by atoms with Gasteiger partial charge in [0, 0.05) is 31.6 Å². The van der Waals surface area contributed by atoms with Gasteiger partial charge < -0.3 is 15.0 Å². The average Bonchev–Trinajstić information content (AvgIpc) is 2.88. The lowest BCUT2D eigenvalue weighted by molar-refractivity contribution is 0.0893. The first-order valence-electron chi connectivity index (χ1n) is 7.25. The number of hydrogen-bond acceptors (Lipinski definition) is 5. The molecule has 1 aromatic heterocycles. The quantitative estimate of drug-likeness (QED) is 0.870. The van der Waals surface area contributed by atoms with E-state index in [0.29, 0.717) is 6.10 Å². The topological polar surface area (TPSA) is 37.4 Å². The number of rotatable bonds is 6. The molecule has 0 saturated carbocycles. The van der Waals surface area contributed by atoms with Crippen LogP contribution in [0.3, 0.4) is 0 Å². The molecule has 1 N–H and O–H groups in total. The zero-order valence-corrected chi connectivity index (χ0v) is 13.1. The van der Waals surface area contributed by atoms with E-state index in [4.69, 9.17) is 9.72 Å². The predicted molar refractivity (Wildman–Crippen MR) is 81.1 cm³/mol. The second-order valence-electron chi connectivity index (χ2n) is 4.95. The van der Waals surface area contributed by atoms with Gasteiger partial charge >= 0.3 is 0 Å². The molecule has 0 spiro atoms. The van der Waals surface area contributed by atoms with Gasteiger partial charge in [0.25, 0.3) is 0 Å². The van der Waals surface area contributed by atoms with Crippen molar-refractivity contribution in [2.24, 2.45) is 0 Å². The number of nitrogens with one attached hydrogen (secondary N) is 1. The Balaban J connectivity index is 2.08. The number of piperidine rings is 1. The third-order valence-electron chi connectivity index (χ3n) is 3.62. The summed E-state index contributed by atoms with van der Waals surface area (Å²) in [5.74, 6) is 0. The summed E-state index contributed by atoms with van der Waals surface area (Å²) in [6.45, 7) is 8.36. The van der Waals surface area contributed by atoms with Gasteiger partial charge in [-0.3, -0.25) is 0 Å². The molecular weight excluding hydrogens is 258 g/mol. The monoisotopic (exact) mass is 283 g/mol. The molecule has 2 heterocycles. The zero-order valence-electron chi connectivity index (χ0n) is 12.2. The summed E-state index contributed by atoms with van der Waals surface area (Å²) in [4.78, 5) is 8.60. The molecular formula is C14H25N3OS. The minimum Gasteiger partial charge on any atom is -0.380 e. The number of anilines is 1. The van der Waals surface area contributed by atoms with Crippen molar-refractivity contribution < 1.29 is 4.74 Å². The van der Waals surface area contributed by atoms with Crippen molar-refractivity contribution in [3.8, 4) is 0 Å². The van der Waals surface area contributed by atoms with Gasteiger partial charge in [-0.1, -0.05) is 13.8 Å². The maximum absolute atomic E-state index is 5.49. The number of methoxy groups -OCH3 is 1. The summed E-state index contributed by atoms with van der Waals surface area (Å²) in [5, 5.41) is 4.58. The van der Waals surface area contributed by atoms with E-state index in [1.807, 2.05) is 18.4 Å². The summed E-state index contributed by atoms with van der Waals surface area (Å²) >= 11 is 1.84. The Kier molecular flexibility index (Phi) is 5.60. The summed E-state index contributed by atoms with van der Waals surface area (Å²) in [6.07, 6.45) is 3.74. The van der Waals surface area contributed by atoms with Crippen LogP contribution in [0.15, 0.2) is 0 Å². The minimum absolute atomic E-state index is 0.361. The minimum atomic E-state index is 0.361. The van der Waals surface area contributed by atoms with Gasteiger partial charge in [0.1, 0.15) is 0 Å². The average molecular weight is 283 g/mol. The van der Waals surface area contributed by atoms with Crippen LogP contribution in [-0.4, -0.2) is 37.8 Å². The molecule has 0 aliphatic carbocycles. The van der Waals surface area contributed by atoms with Crippen LogP contribution >= 0.6 is 11.3 Å². The first-order chi connectivity index (χ1) is 9.28. The lowest BCUT2D eigenvalue weighted by atomic mass is 10.1. The molecule has 1 aliphatic rings. The molecule has 1 atom stereocenters. The highest BCUT2D eigenvalue weighted by molar-refractivity contribution is 7.15. The molecule has 1 aromatic rings. The lowest BCUT2D eigenvalue weighted by Gasteiger charge is -2.31. The van der Waals surface area contributed by atoms with Crippen LogP contribution in [0.5, 0.6) is 0 Å². The maximum Gasteiger partial charge on any atom is 0.185 e. The molecule has 0 amide bonds. The van der Waals surface area contributed by atoms with Crippen LogP contribution in [0.2, 0.25) is 0 Å². The highest BCUT2D eigenvalue weighted by Crippen LogP contribution is 2.29. The van der Waals surface area contributed by atoms with E-state index in [0.717, 1.165) is 32.6 Å². The van der Waals surface area contributed by atoms with Crippen molar-refractivity contribution in [1.29, 1.82) is 0 Å². The molecule has 4 nitrogen and oxygen atoms in total. The number of ether oxygens (including phenoxy) is 1. The SMILES string of the molecule is CCNCc1sc(N2CCCC(OC)C2)nc1CC. The largest absolute Gasteiger partial charge is 0.380 e. The maximum atomic E-state index is 5.49. The van der Waals surface area contributed by atoms with E-state index in [9.17, 15) is 0 Å². The van der Waals surface area contributed by atoms with Crippen LogP contribution < -0.4 is 10.2 Å². The smallest absolute Gasteiger partial charge is 0.185 e. The third kappa shape index (κ3) is 3.68. The fraction of sp³-hybridized carbons (Fsp3) is 0.786. The van der Waals surface area contributed by atoms with Crippen LogP contribution in [0.1, 0.15) is 37.3 Å². The Labute approximate surface area is 120 Å². The Morgan fingerprint density at radius 2 is 2.32 bits per heavy atom. The van der Waals surface area contributed by atoms with E-state index in [1.54, 1.807) is 0 Å². The number of aryl methyl sites for hydroxylation is 1. The van der Waals surface area contributed by atoms with Crippen molar-refractivity contribution in [3.63, 3.8) is 0 Å². The molecule has 0 aromatic carbocycles. The molecule has 108 valence electrons. The Hall–Kier alpha value is -0.650. The van der Waals surface area contributed by atoms with Crippen LogP contribution in [0.25, 0.3) is 0 Å². The third-order valence-corrected chi connectivity index (χ3v) is 4.78. The number of thiazole rings is 1. The van der Waals surface area contributed by atoms with E-state index >= 15 is 0 Å². The molecule has 1 aliphatic heterocycles. The van der Waals surface area contributed by atoms with Crippen molar-refractivity contribution in [1.82, 2.24) is 10.3 Å². The van der Waals surface area contributed by atoms with Crippen molar-refractivity contribution in [2.45, 2.75) is 45.8 Å². The predicted octanol–water partition coefficient (Wildman–Crippen LogP) is 2.43. The number of nitrogens with zero attached hydrogens (tertiary/aromatic N) is 2. The first kappa shape index (κ1) is 14.8. The molecule has 0 radical (unpaired) electrons. The van der Waals surface area contributed by atoms with Crippen LogP contribution in [-0.2, 0) is 17.7 Å². The van der Waals surface area contributed by atoms with Crippen molar-refractivity contribution >= 4 is 16.5 Å².